The Morgan fingerprint density at radius 1 is 1.11 bits per heavy atom. The minimum Gasteiger partial charge on any atom is -0.367 e. The number of anilines is 2. The average Bonchev–Trinajstić information content (AvgIpc) is 3.15. The molecule has 1 amide bonds. The maximum Gasteiger partial charge on any atom is 0.257 e. The second-order valence-electron chi connectivity index (χ2n) is 6.93. The lowest BCUT2D eigenvalue weighted by molar-refractivity contribution is 0.102. The van der Waals surface area contributed by atoms with Gasteiger partial charge in [0.05, 0.1) is 22.0 Å². The van der Waals surface area contributed by atoms with Crippen molar-refractivity contribution in [2.45, 2.75) is 6.92 Å². The summed E-state index contributed by atoms with van der Waals surface area (Å²) in [6.45, 7) is 7.05. The van der Waals surface area contributed by atoms with Gasteiger partial charge >= 0.3 is 0 Å². The highest BCUT2D eigenvalue weighted by atomic mass is 35.5. The highest BCUT2D eigenvalue weighted by Crippen LogP contribution is 2.31. The van der Waals surface area contributed by atoms with Gasteiger partial charge in [0.15, 0.2) is 0 Å². The van der Waals surface area contributed by atoms with Crippen LogP contribution in [-0.2, 0) is 0 Å². The van der Waals surface area contributed by atoms with Gasteiger partial charge in [0.25, 0.3) is 5.91 Å². The Balaban J connectivity index is 1.60. The highest BCUT2D eigenvalue weighted by Gasteiger charge is 2.20. The van der Waals surface area contributed by atoms with Crippen LogP contribution in [-0.4, -0.2) is 48.5 Å². The number of benzene rings is 2. The minimum absolute atomic E-state index is 0.253. The van der Waals surface area contributed by atoms with Crippen LogP contribution >= 0.6 is 23.2 Å². The smallest absolute Gasteiger partial charge is 0.257 e. The maximum absolute atomic E-state index is 13.0. The summed E-state index contributed by atoms with van der Waals surface area (Å²) >= 11 is 12.6. The molecule has 2 N–H and O–H groups in total. The lowest BCUT2D eigenvalue weighted by atomic mass is 10.1. The van der Waals surface area contributed by atoms with Crippen molar-refractivity contribution < 1.29 is 4.79 Å². The fourth-order valence-corrected chi connectivity index (χ4v) is 4.06. The molecule has 0 bridgehead atoms. The number of piperazine rings is 1. The Kier molecular flexibility index (Phi) is 5.49. The molecular weight excluding hydrogens is 395 g/mol. The molecule has 0 radical (unpaired) electrons. The molecule has 0 spiro atoms. The molecule has 2 heterocycles. The number of amides is 1. The minimum atomic E-state index is -0.253. The van der Waals surface area contributed by atoms with E-state index in [1.807, 2.05) is 24.4 Å². The molecule has 0 aliphatic carbocycles. The average molecular weight is 417 g/mol. The summed E-state index contributed by atoms with van der Waals surface area (Å²) in [6, 6.07) is 11.1. The quantitative estimate of drug-likeness (QED) is 0.637. The van der Waals surface area contributed by atoms with E-state index in [0.29, 0.717) is 21.3 Å². The van der Waals surface area contributed by atoms with E-state index in [4.69, 9.17) is 23.2 Å². The van der Waals surface area contributed by atoms with Gasteiger partial charge in [-0.1, -0.05) is 30.1 Å². The number of rotatable bonds is 4. The molecule has 3 aromatic rings. The molecule has 146 valence electrons. The van der Waals surface area contributed by atoms with E-state index in [1.54, 1.807) is 18.2 Å². The van der Waals surface area contributed by atoms with Crippen LogP contribution in [0.25, 0.3) is 10.9 Å². The van der Waals surface area contributed by atoms with Crippen LogP contribution in [0.4, 0.5) is 11.4 Å². The van der Waals surface area contributed by atoms with Gasteiger partial charge in [-0.05, 0) is 42.9 Å². The number of carbonyl (C=O) groups is 1. The van der Waals surface area contributed by atoms with E-state index in [2.05, 4.69) is 27.0 Å². The second kappa shape index (κ2) is 8.03. The third kappa shape index (κ3) is 3.83. The summed E-state index contributed by atoms with van der Waals surface area (Å²) in [6.07, 6.45) is 1.83. The van der Waals surface area contributed by atoms with Crippen molar-refractivity contribution in [3.05, 3.63) is 58.2 Å². The van der Waals surface area contributed by atoms with Crippen LogP contribution in [0.2, 0.25) is 10.0 Å². The Hall–Kier alpha value is -2.21. The van der Waals surface area contributed by atoms with Crippen molar-refractivity contribution in [3.8, 4) is 0 Å². The van der Waals surface area contributed by atoms with Crippen molar-refractivity contribution in [3.63, 3.8) is 0 Å². The summed E-state index contributed by atoms with van der Waals surface area (Å²) in [5, 5.41) is 4.98. The molecule has 5 nitrogen and oxygen atoms in total. The summed E-state index contributed by atoms with van der Waals surface area (Å²) in [4.78, 5) is 20.8. The van der Waals surface area contributed by atoms with E-state index >= 15 is 0 Å². The number of aromatic amines is 1. The van der Waals surface area contributed by atoms with Gasteiger partial charge in [-0.25, -0.2) is 0 Å². The number of halogens is 2. The lowest BCUT2D eigenvalue weighted by Gasteiger charge is -2.36. The number of H-pyrrole nitrogens is 1. The highest BCUT2D eigenvalue weighted by molar-refractivity contribution is 6.35. The van der Waals surface area contributed by atoms with Crippen LogP contribution in [0.15, 0.2) is 42.6 Å². The van der Waals surface area contributed by atoms with Crippen LogP contribution in [0, 0.1) is 0 Å². The van der Waals surface area contributed by atoms with E-state index in [-0.39, 0.29) is 5.91 Å². The zero-order valence-electron chi connectivity index (χ0n) is 15.6. The topological polar surface area (TPSA) is 51.4 Å². The Bertz CT molecular complexity index is 1010. The third-order valence-electron chi connectivity index (χ3n) is 5.25. The molecule has 0 saturated carbocycles. The van der Waals surface area contributed by atoms with Crippen molar-refractivity contribution in [1.82, 2.24) is 9.88 Å². The number of carbonyl (C=O) groups excluding carboxylic acids is 1. The monoisotopic (exact) mass is 416 g/mol. The Labute approximate surface area is 174 Å². The number of hydrogen-bond acceptors (Lipinski definition) is 3. The number of hydrogen-bond donors (Lipinski definition) is 2. The maximum atomic E-state index is 13.0. The van der Waals surface area contributed by atoms with Crippen LogP contribution in [0.5, 0.6) is 0 Å². The fourth-order valence-electron chi connectivity index (χ4n) is 3.63. The number of likely N-dealkylation sites (N-methyl/N-ethyl adjacent to an activating group) is 1. The van der Waals surface area contributed by atoms with Gasteiger partial charge in [0.1, 0.15) is 0 Å². The number of aromatic nitrogens is 1. The first-order chi connectivity index (χ1) is 13.5. The number of nitrogens with one attached hydrogen (secondary N) is 2. The molecule has 4 rings (SSSR count). The molecule has 1 fully saturated rings. The molecule has 1 aliphatic rings. The number of fused-ring (bicyclic) bond motifs is 1. The second-order valence-corrected chi connectivity index (χ2v) is 7.78. The van der Waals surface area contributed by atoms with Crippen LogP contribution < -0.4 is 10.2 Å². The van der Waals surface area contributed by atoms with Gasteiger partial charge in [-0.3, -0.25) is 4.79 Å². The van der Waals surface area contributed by atoms with E-state index < -0.39 is 0 Å². The zero-order chi connectivity index (χ0) is 19.7. The lowest BCUT2D eigenvalue weighted by Crippen LogP contribution is -2.46. The Morgan fingerprint density at radius 2 is 1.89 bits per heavy atom. The first-order valence-electron chi connectivity index (χ1n) is 9.40. The predicted molar refractivity (Wildman–Crippen MR) is 117 cm³/mol. The molecule has 0 unspecified atom stereocenters. The van der Waals surface area contributed by atoms with E-state index in [0.717, 1.165) is 49.3 Å². The van der Waals surface area contributed by atoms with Crippen molar-refractivity contribution in [1.29, 1.82) is 0 Å². The third-order valence-corrected chi connectivity index (χ3v) is 5.80. The Morgan fingerprint density at radius 3 is 2.64 bits per heavy atom. The normalized spacial score (nSPS) is 15.2. The molecule has 7 heteroatoms. The van der Waals surface area contributed by atoms with Gasteiger partial charge in [0.2, 0.25) is 0 Å². The molecule has 0 atom stereocenters. The SMILES string of the molecule is CCN1CCN(c2ccc(Cl)cc2NC(=O)c2cc3[nH]ccc3cc2Cl)CC1. The summed E-state index contributed by atoms with van der Waals surface area (Å²) < 4.78 is 0. The molecule has 1 saturated heterocycles. The molecule has 1 aromatic heterocycles. The molecule has 2 aromatic carbocycles. The van der Waals surface area contributed by atoms with Crippen LogP contribution in [0.1, 0.15) is 17.3 Å². The molecule has 28 heavy (non-hydrogen) atoms. The zero-order valence-corrected chi connectivity index (χ0v) is 17.1. The van der Waals surface area contributed by atoms with E-state index in [1.165, 1.54) is 0 Å². The van der Waals surface area contributed by atoms with Gasteiger partial charge < -0.3 is 20.1 Å². The molecular formula is C21H22Cl2N4O. The number of nitrogens with zero attached hydrogens (tertiary/aromatic N) is 2. The van der Waals surface area contributed by atoms with E-state index in [9.17, 15) is 4.79 Å². The molecule has 1 aliphatic heterocycles. The van der Waals surface area contributed by atoms with Crippen molar-refractivity contribution >= 4 is 51.4 Å². The summed E-state index contributed by atoms with van der Waals surface area (Å²) in [7, 11) is 0. The summed E-state index contributed by atoms with van der Waals surface area (Å²) in [5.74, 6) is -0.253. The van der Waals surface area contributed by atoms with Gasteiger partial charge in [0, 0.05) is 48.3 Å². The van der Waals surface area contributed by atoms with Crippen LogP contribution in [0.3, 0.4) is 0 Å². The standard InChI is InChI=1S/C21H22Cl2N4O/c1-2-26-7-9-27(10-8-26)20-4-3-15(22)12-19(20)25-21(28)16-13-18-14(5-6-24-18)11-17(16)23/h3-6,11-13,24H,2,7-10H2,1H3,(H,25,28). The van der Waals surface area contributed by atoms with Gasteiger partial charge in [-0.2, -0.15) is 0 Å². The van der Waals surface area contributed by atoms with Crippen molar-refractivity contribution in [2.75, 3.05) is 42.9 Å². The largest absolute Gasteiger partial charge is 0.367 e. The predicted octanol–water partition coefficient (Wildman–Crippen LogP) is 4.87. The van der Waals surface area contributed by atoms with Crippen molar-refractivity contribution in [2.24, 2.45) is 0 Å². The fraction of sp³-hybridized carbons (Fsp3) is 0.286. The first kappa shape index (κ1) is 19.1. The van der Waals surface area contributed by atoms with Gasteiger partial charge in [-0.15, -0.1) is 0 Å². The summed E-state index contributed by atoms with van der Waals surface area (Å²) in [5.41, 5.74) is 2.98. The first-order valence-corrected chi connectivity index (χ1v) is 10.2.